The molecule has 0 rings (SSSR count). The normalized spacial score (nSPS) is 4.01. The molecular formula is C37H82Cl2N6O7P10V10W5. The van der Waals surface area contributed by atoms with Gasteiger partial charge in [-0.05, 0) is 29.6 Å². The molecule has 10 atom stereocenters. The van der Waals surface area contributed by atoms with Gasteiger partial charge in [0.2, 0.25) is 22.7 Å². The monoisotopic (exact) mass is 2530 g/mol. The second-order valence-electron chi connectivity index (χ2n) is 5.10. The largest absolute Gasteiger partial charge is 2.00 e. The van der Waals surface area contributed by atoms with Crippen LogP contribution in [0.5, 0.6) is 0 Å². The van der Waals surface area contributed by atoms with Crippen molar-refractivity contribution in [2.75, 3.05) is 14.2 Å². The maximum atomic E-state index is 9.58. The third-order valence-corrected chi connectivity index (χ3v) is 1.78. The van der Waals surface area contributed by atoms with Crippen molar-refractivity contribution >= 4 is 144 Å². The van der Waals surface area contributed by atoms with Gasteiger partial charge < -0.3 is 145 Å². The Kier molecular flexibility index (Phi) is 1330. The first-order valence-corrected chi connectivity index (χ1v) is 20.6. The first-order valence-electron chi connectivity index (χ1n) is 13.2. The van der Waals surface area contributed by atoms with Crippen LogP contribution in [0.1, 0.15) is 40.0 Å². The van der Waals surface area contributed by atoms with Gasteiger partial charge in [0.1, 0.15) is 0 Å². The van der Waals surface area contributed by atoms with Crippen molar-refractivity contribution in [3.05, 3.63) is 189 Å². The molecule has 0 heterocycles. The van der Waals surface area contributed by atoms with Crippen molar-refractivity contribution in [1.29, 1.82) is 0 Å². The summed E-state index contributed by atoms with van der Waals surface area (Å²) in [7, 11) is 24.6. The van der Waals surface area contributed by atoms with E-state index in [1.54, 1.807) is 20.8 Å². The Morgan fingerprint density at radius 2 is 0.390 bits per heavy atom. The standard InChI is InChI=1S/2C3H5ClO.C3H7NO.2C2H5NO2.10C2H4P.4CH3.3H2N.10V.5W/c3*1-2-3(4)5;2*1-5-2(3)4;10*1-2-3;;;;;;;;;;;;;;;;;;;;;;/h2*2H2,1H3;2H2,1H3,(H2,4,5);2*1H3,(H2,3,4);10*1-2H,3H2;4*1H3;3*1H2;;;;;;;;;;;;;;;/q;;;;;17*-1;10*+2;;;;;/p-3. The molecule has 0 aliphatic rings. The molecule has 0 spiro atoms. The summed E-state index contributed by atoms with van der Waals surface area (Å²) >= 11 is 9.65. The second-order valence-corrected chi connectivity index (χ2v) is 9.79. The fourth-order valence-electron chi connectivity index (χ4n) is 0. The van der Waals surface area contributed by atoms with Crippen molar-refractivity contribution in [2.45, 2.75) is 40.0 Å². The van der Waals surface area contributed by atoms with Gasteiger partial charge in [-0.2, -0.15) is 92.4 Å². The maximum Gasteiger partial charge on any atom is 2.00 e. The summed E-state index contributed by atoms with van der Waals surface area (Å²) in [4.78, 5) is 47.1. The number of ether oxygens (including phenoxy) is 2. The quantitative estimate of drug-likeness (QED) is 0.149. The predicted octanol–water partition coefficient (Wildman–Crippen LogP) is 16.9. The molecule has 0 aliphatic heterocycles. The molecule has 9 N–H and O–H groups in total. The molecule has 10 radical (unpaired) electrons. The number of nitrogens with two attached hydrogens (primary N) is 3. The van der Waals surface area contributed by atoms with Crippen LogP contribution in [0.3, 0.4) is 0 Å². The van der Waals surface area contributed by atoms with Gasteiger partial charge in [0.05, 0.1) is 14.2 Å². The molecule has 40 heteroatoms. The number of methoxy groups -OCH3 is 2. The smallest absolute Gasteiger partial charge is 0.693 e. The van der Waals surface area contributed by atoms with Crippen molar-refractivity contribution in [3.63, 3.8) is 0 Å². The average molecular weight is 2530 g/mol. The van der Waals surface area contributed by atoms with Gasteiger partial charge in [-0.15, -0.1) is 0 Å². The van der Waals surface area contributed by atoms with Crippen molar-refractivity contribution in [3.8, 4) is 0 Å². The van der Waals surface area contributed by atoms with Crippen molar-refractivity contribution in [2.24, 2.45) is 0 Å². The summed E-state index contributed by atoms with van der Waals surface area (Å²) in [5, 5.41) is -0.546. The van der Waals surface area contributed by atoms with Crippen LogP contribution in [-0.4, -0.2) is 42.8 Å². The molecule has 77 heavy (non-hydrogen) atoms. The Morgan fingerprint density at radius 3 is 0.390 bits per heavy atom. The van der Waals surface area contributed by atoms with Gasteiger partial charge in [-0.3, -0.25) is 77.3 Å². The maximum absolute atomic E-state index is 9.58. The van der Waals surface area contributed by atoms with E-state index in [1.807, 2.05) is 0 Å². The van der Waals surface area contributed by atoms with Gasteiger partial charge in [-0.1, -0.05) is 20.8 Å². The van der Waals surface area contributed by atoms with Crippen LogP contribution in [-0.2, 0) is 315 Å². The van der Waals surface area contributed by atoms with Crippen LogP contribution in [0.2, 0.25) is 0 Å². The predicted molar refractivity (Wildman–Crippen MR) is 323 cm³/mol. The fourth-order valence-corrected chi connectivity index (χ4v) is 0. The number of carbonyl (C=O) groups excluding carboxylic acids is 5. The van der Waals surface area contributed by atoms with Crippen molar-refractivity contribution < 1.29 is 324 Å². The molecule has 446 valence electrons. The Labute approximate surface area is 700 Å². The molecule has 0 aliphatic carbocycles. The summed E-state index contributed by atoms with van der Waals surface area (Å²) in [6.07, 6.45) is -0.793. The zero-order valence-electron chi connectivity index (χ0n) is 44.3. The molecule has 3 amide bonds. The minimum atomic E-state index is -0.995. The first-order chi connectivity index (χ1) is 25.5. The second kappa shape index (κ2) is 396. The van der Waals surface area contributed by atoms with E-state index in [1.165, 1.54) is 58.2 Å². The summed E-state index contributed by atoms with van der Waals surface area (Å²) in [6, 6.07) is 0. The number of halogens is 2. The van der Waals surface area contributed by atoms with Gasteiger partial charge >= 0.3 is 186 Å². The number of hydrogen-bond donors (Lipinski definition) is 0. The van der Waals surface area contributed by atoms with E-state index in [4.69, 9.17) is 40.4 Å². The Bertz CT molecular complexity index is 737. The summed E-state index contributed by atoms with van der Waals surface area (Å²) < 4.78 is 7.56. The van der Waals surface area contributed by atoms with Crippen molar-refractivity contribution in [1.82, 2.24) is 0 Å². The third kappa shape index (κ3) is 1650. The summed E-state index contributed by atoms with van der Waals surface area (Å²) in [5.41, 5.74) is 18.1. The average Bonchev–Trinajstić information content (AvgIpc) is 3.09. The van der Waals surface area contributed by atoms with Crippen LogP contribution in [0, 0.1) is 95.5 Å². The van der Waals surface area contributed by atoms with E-state index in [0.717, 1.165) is 14.2 Å². The summed E-state index contributed by atoms with van der Waals surface area (Å²) in [6.45, 7) is 51.9. The minimum absolute atomic E-state index is 0. The topological polar surface area (TPSA) is 276 Å². The van der Waals surface area contributed by atoms with E-state index < -0.39 is 18.1 Å². The van der Waals surface area contributed by atoms with Gasteiger partial charge in [0, 0.05) is 124 Å². The van der Waals surface area contributed by atoms with Gasteiger partial charge in [0.25, 0.3) is 0 Å². The Balaban J connectivity index is -0.00000000626. The Morgan fingerprint density at radius 1 is 0.351 bits per heavy atom. The Hall–Kier alpha value is 8.80. The molecule has 0 bridgehead atoms. The zero-order chi connectivity index (χ0) is 48.5. The van der Waals surface area contributed by atoms with E-state index in [0.29, 0.717) is 19.3 Å². The molecule has 0 saturated heterocycles. The van der Waals surface area contributed by atoms with Crippen LogP contribution >= 0.6 is 116 Å². The van der Waals surface area contributed by atoms with E-state index in [-0.39, 0.29) is 350 Å². The summed E-state index contributed by atoms with van der Waals surface area (Å²) in [5.74, 6) is 13.7. The number of hydrogen-bond acceptors (Lipinski definition) is 7. The number of carbonyl (C=O) groups is 5. The molecule has 0 aromatic heterocycles. The fraction of sp³-hybridized carbons (Fsp3) is 0.216. The number of amides is 3. The van der Waals surface area contributed by atoms with E-state index in [2.05, 4.69) is 168 Å². The molecule has 0 aromatic carbocycles. The van der Waals surface area contributed by atoms with E-state index in [9.17, 15) is 24.0 Å². The van der Waals surface area contributed by atoms with Crippen LogP contribution < -0.4 is 0 Å². The minimum Gasteiger partial charge on any atom is -0.693 e. The molecule has 13 nitrogen and oxygen atoms in total. The van der Waals surface area contributed by atoms with Gasteiger partial charge in [-0.25, -0.2) is 0 Å². The van der Waals surface area contributed by atoms with E-state index >= 15 is 0 Å². The molecule has 0 saturated carbocycles. The van der Waals surface area contributed by atoms with Gasteiger partial charge in [0.15, 0.2) is 0 Å². The molecule has 10 unspecified atom stereocenters. The number of nitrogens with one attached hydrogen (secondary N) is 3. The van der Waals surface area contributed by atoms with Crippen LogP contribution in [0.25, 0.3) is 35.7 Å². The van der Waals surface area contributed by atoms with Crippen LogP contribution in [0.15, 0.2) is 58.2 Å². The molecule has 0 fully saturated rings. The molecule has 0 aromatic rings. The number of rotatable bonds is 3. The third-order valence-electron chi connectivity index (χ3n) is 1.25. The first kappa shape index (κ1) is 259. The molecular weight excluding hydrogens is 2450 g/mol. The zero-order valence-corrected chi connectivity index (χ0v) is 86.0. The van der Waals surface area contributed by atoms with Crippen LogP contribution in [0.4, 0.5) is 9.59 Å². The SMILES string of the molecule is CCC(=O)Cl.CCC(=O)Cl.CCC([NH-])=O.COC([NH-])=O.COC([NH-])=O.[CH-]=CP.[CH-]=CP.[CH-]=CP.[CH-]=CP.[CH-]=CP.[CH-]=CP.[CH-]=CP.[CH-]=CP.[CH-]=CP.[CH-]=CP.[CH3-].[CH3-].[CH3-].[CH3-].[NH2-].[NH2-].[NH2-].[V+2].[V+2].[V+2].[V+2].[V+2].[V+2].[V+2].[V+2].[V+2].[V+2].[W].[W].[W].[W].[W].